The molecule has 0 aromatic carbocycles. The Morgan fingerprint density at radius 3 is 2.70 bits per heavy atom. The van der Waals surface area contributed by atoms with Gasteiger partial charge in [0, 0.05) is 5.88 Å². The van der Waals surface area contributed by atoms with E-state index in [1.54, 1.807) is 6.92 Å². The molecule has 4 heteroatoms. The standard InChI is InChI=1S/C6H11ClO3/c1-2-9-6(8)10-5-3-4-7/h2-5H2,1H3. The summed E-state index contributed by atoms with van der Waals surface area (Å²) >= 11 is 5.33. The molecule has 0 N–H and O–H groups in total. The summed E-state index contributed by atoms with van der Waals surface area (Å²) in [6.07, 6.45) is 0.0491. The van der Waals surface area contributed by atoms with Crippen LogP contribution in [-0.2, 0) is 9.47 Å². The van der Waals surface area contributed by atoms with Gasteiger partial charge in [-0.1, -0.05) is 0 Å². The van der Waals surface area contributed by atoms with Gasteiger partial charge in [0.2, 0.25) is 0 Å². The van der Waals surface area contributed by atoms with Gasteiger partial charge in [0.1, 0.15) is 0 Å². The zero-order chi connectivity index (χ0) is 7.82. The molecule has 0 spiro atoms. The molecule has 0 aliphatic rings. The molecule has 3 nitrogen and oxygen atoms in total. The van der Waals surface area contributed by atoms with Gasteiger partial charge < -0.3 is 9.47 Å². The molecule has 0 aliphatic heterocycles. The topological polar surface area (TPSA) is 35.5 Å². The monoisotopic (exact) mass is 166 g/mol. The van der Waals surface area contributed by atoms with E-state index in [1.165, 1.54) is 0 Å². The fourth-order valence-corrected chi connectivity index (χ4v) is 0.479. The molecule has 0 radical (unpaired) electrons. The largest absolute Gasteiger partial charge is 0.508 e. The summed E-state index contributed by atoms with van der Waals surface area (Å²) in [5.41, 5.74) is 0. The van der Waals surface area contributed by atoms with Crippen LogP contribution >= 0.6 is 11.6 Å². The Balaban J connectivity index is 3.05. The molecule has 0 bridgehead atoms. The van der Waals surface area contributed by atoms with Crippen molar-refractivity contribution in [3.8, 4) is 0 Å². The van der Waals surface area contributed by atoms with E-state index in [9.17, 15) is 4.79 Å². The van der Waals surface area contributed by atoms with Gasteiger partial charge in [-0.25, -0.2) is 4.79 Å². The Bertz CT molecular complexity index is 95.0. The second kappa shape index (κ2) is 6.68. The van der Waals surface area contributed by atoms with Crippen molar-refractivity contribution in [1.82, 2.24) is 0 Å². The van der Waals surface area contributed by atoms with E-state index in [2.05, 4.69) is 9.47 Å². The average Bonchev–Trinajstić information content (AvgIpc) is 1.89. The number of halogens is 1. The van der Waals surface area contributed by atoms with Crippen LogP contribution < -0.4 is 0 Å². The third-order valence-electron chi connectivity index (χ3n) is 0.760. The Kier molecular flexibility index (Phi) is 6.38. The molecule has 0 aromatic heterocycles. The maximum absolute atomic E-state index is 10.4. The number of hydrogen-bond donors (Lipinski definition) is 0. The molecule has 0 atom stereocenters. The minimum atomic E-state index is -0.618. The SMILES string of the molecule is CCOC(=O)OCCCCl. The summed E-state index contributed by atoms with van der Waals surface area (Å²) in [7, 11) is 0. The van der Waals surface area contributed by atoms with E-state index in [0.717, 1.165) is 0 Å². The van der Waals surface area contributed by atoms with Gasteiger partial charge >= 0.3 is 6.16 Å². The van der Waals surface area contributed by atoms with E-state index in [1.807, 2.05) is 0 Å². The summed E-state index contributed by atoms with van der Waals surface area (Å²) < 4.78 is 9.06. The van der Waals surface area contributed by atoms with Gasteiger partial charge in [0.25, 0.3) is 0 Å². The predicted molar refractivity (Wildman–Crippen MR) is 38.3 cm³/mol. The molecule has 0 rings (SSSR count). The van der Waals surface area contributed by atoms with Crippen molar-refractivity contribution in [2.24, 2.45) is 0 Å². The molecule has 0 amide bonds. The maximum Gasteiger partial charge on any atom is 0.508 e. The van der Waals surface area contributed by atoms with Crippen molar-refractivity contribution in [2.45, 2.75) is 13.3 Å². The van der Waals surface area contributed by atoms with E-state index >= 15 is 0 Å². The second-order valence-corrected chi connectivity index (χ2v) is 1.95. The first-order valence-corrected chi connectivity index (χ1v) is 3.70. The molecule has 0 heterocycles. The highest BCUT2D eigenvalue weighted by atomic mass is 35.5. The van der Waals surface area contributed by atoms with E-state index < -0.39 is 6.16 Å². The van der Waals surface area contributed by atoms with E-state index in [4.69, 9.17) is 11.6 Å². The minimum absolute atomic E-state index is 0.336. The van der Waals surface area contributed by atoms with Gasteiger partial charge in [-0.05, 0) is 13.3 Å². The fourth-order valence-electron chi connectivity index (χ4n) is 0.370. The van der Waals surface area contributed by atoms with Gasteiger partial charge in [-0.3, -0.25) is 0 Å². The number of ether oxygens (including phenoxy) is 2. The quantitative estimate of drug-likeness (QED) is 0.363. The van der Waals surface area contributed by atoms with Crippen LogP contribution in [-0.4, -0.2) is 25.2 Å². The molecular weight excluding hydrogens is 156 g/mol. The van der Waals surface area contributed by atoms with Crippen molar-refractivity contribution in [3.63, 3.8) is 0 Å². The van der Waals surface area contributed by atoms with Crippen LogP contribution in [0.4, 0.5) is 4.79 Å². The third-order valence-corrected chi connectivity index (χ3v) is 1.03. The molecule has 10 heavy (non-hydrogen) atoms. The van der Waals surface area contributed by atoms with Gasteiger partial charge in [0.15, 0.2) is 0 Å². The Morgan fingerprint density at radius 1 is 1.50 bits per heavy atom. The number of hydrogen-bond acceptors (Lipinski definition) is 3. The first-order valence-electron chi connectivity index (χ1n) is 3.16. The highest BCUT2D eigenvalue weighted by molar-refractivity contribution is 6.17. The number of alkyl halides is 1. The molecular formula is C6H11ClO3. The van der Waals surface area contributed by atoms with E-state index in [-0.39, 0.29) is 0 Å². The van der Waals surface area contributed by atoms with Gasteiger partial charge in [-0.15, -0.1) is 11.6 Å². The Morgan fingerprint density at radius 2 is 2.20 bits per heavy atom. The maximum atomic E-state index is 10.4. The Labute approximate surface area is 65.3 Å². The van der Waals surface area contributed by atoms with Crippen molar-refractivity contribution in [2.75, 3.05) is 19.1 Å². The third kappa shape index (κ3) is 5.69. The number of rotatable bonds is 4. The molecule has 0 aromatic rings. The van der Waals surface area contributed by atoms with Crippen LogP contribution in [0.25, 0.3) is 0 Å². The number of carbonyl (C=O) groups excluding carboxylic acids is 1. The first kappa shape index (κ1) is 9.56. The van der Waals surface area contributed by atoms with E-state index in [0.29, 0.717) is 25.5 Å². The van der Waals surface area contributed by atoms with Gasteiger partial charge in [-0.2, -0.15) is 0 Å². The van der Waals surface area contributed by atoms with Crippen LogP contribution in [0, 0.1) is 0 Å². The second-order valence-electron chi connectivity index (χ2n) is 1.57. The minimum Gasteiger partial charge on any atom is -0.435 e. The van der Waals surface area contributed by atoms with Crippen molar-refractivity contribution in [3.05, 3.63) is 0 Å². The zero-order valence-electron chi connectivity index (χ0n) is 5.93. The molecule has 0 unspecified atom stereocenters. The molecule has 0 saturated carbocycles. The lowest BCUT2D eigenvalue weighted by atomic mass is 10.5. The fraction of sp³-hybridized carbons (Fsp3) is 0.833. The summed E-state index contributed by atoms with van der Waals surface area (Å²) in [6.45, 7) is 2.41. The lowest BCUT2D eigenvalue weighted by Gasteiger charge is -2.01. The van der Waals surface area contributed by atoms with Crippen molar-refractivity contribution < 1.29 is 14.3 Å². The average molecular weight is 167 g/mol. The lowest BCUT2D eigenvalue weighted by molar-refractivity contribution is 0.0593. The Hall–Kier alpha value is -0.440. The van der Waals surface area contributed by atoms with Crippen LogP contribution in [0.2, 0.25) is 0 Å². The lowest BCUT2D eigenvalue weighted by Crippen LogP contribution is -2.08. The highest BCUT2D eigenvalue weighted by Gasteiger charge is 1.99. The predicted octanol–water partition coefficient (Wildman–Crippen LogP) is 1.79. The van der Waals surface area contributed by atoms with Gasteiger partial charge in [0.05, 0.1) is 13.2 Å². The van der Waals surface area contributed by atoms with Crippen LogP contribution in [0.3, 0.4) is 0 Å². The van der Waals surface area contributed by atoms with Crippen molar-refractivity contribution >= 4 is 17.8 Å². The molecule has 60 valence electrons. The summed E-state index contributed by atoms with van der Waals surface area (Å²) in [5, 5.41) is 0. The summed E-state index contributed by atoms with van der Waals surface area (Å²) in [6, 6.07) is 0. The summed E-state index contributed by atoms with van der Waals surface area (Å²) in [4.78, 5) is 10.4. The zero-order valence-corrected chi connectivity index (χ0v) is 6.69. The van der Waals surface area contributed by atoms with Crippen LogP contribution in [0.5, 0.6) is 0 Å². The molecule has 0 fully saturated rings. The van der Waals surface area contributed by atoms with Crippen LogP contribution in [0.1, 0.15) is 13.3 Å². The smallest absolute Gasteiger partial charge is 0.435 e. The van der Waals surface area contributed by atoms with Crippen LogP contribution in [0.15, 0.2) is 0 Å². The normalized spacial score (nSPS) is 9.00. The molecule has 0 saturated heterocycles. The summed E-state index contributed by atoms with van der Waals surface area (Å²) in [5.74, 6) is 0.499. The molecule has 0 aliphatic carbocycles. The highest BCUT2D eigenvalue weighted by Crippen LogP contribution is 1.89. The number of carbonyl (C=O) groups is 1. The first-order chi connectivity index (χ1) is 4.81. The van der Waals surface area contributed by atoms with Crippen molar-refractivity contribution in [1.29, 1.82) is 0 Å².